The van der Waals surface area contributed by atoms with Crippen LogP contribution in [0.3, 0.4) is 0 Å². The molecule has 0 bridgehead atoms. The van der Waals surface area contributed by atoms with E-state index in [0.717, 1.165) is 12.5 Å². The van der Waals surface area contributed by atoms with Crippen molar-refractivity contribution in [1.82, 2.24) is 10.2 Å². The normalized spacial score (nSPS) is 24.8. The van der Waals surface area contributed by atoms with Crippen LogP contribution in [-0.2, 0) is 0 Å². The highest BCUT2D eigenvalue weighted by Crippen LogP contribution is 2.25. The molecule has 0 aromatic rings. The maximum atomic E-state index is 3.66. The van der Waals surface area contributed by atoms with Crippen molar-refractivity contribution in [2.45, 2.75) is 66.3 Å². The zero-order chi connectivity index (χ0) is 13.6. The number of nitrogens with one attached hydrogen (secondary N) is 1. The third-order valence-electron chi connectivity index (χ3n) is 4.61. The number of rotatable bonds is 6. The molecular formula is C16H34N2. The van der Waals surface area contributed by atoms with Crippen molar-refractivity contribution in [3.8, 4) is 0 Å². The van der Waals surface area contributed by atoms with Gasteiger partial charge in [-0.2, -0.15) is 0 Å². The molecule has 108 valence electrons. The van der Waals surface area contributed by atoms with Gasteiger partial charge in [-0.25, -0.2) is 0 Å². The van der Waals surface area contributed by atoms with Crippen molar-refractivity contribution in [2.24, 2.45) is 11.3 Å². The van der Waals surface area contributed by atoms with Gasteiger partial charge in [0.05, 0.1) is 0 Å². The Labute approximate surface area is 115 Å². The topological polar surface area (TPSA) is 15.3 Å². The van der Waals surface area contributed by atoms with E-state index in [1.807, 2.05) is 0 Å². The molecule has 18 heavy (non-hydrogen) atoms. The Morgan fingerprint density at radius 1 is 1.28 bits per heavy atom. The first-order valence-electron chi connectivity index (χ1n) is 7.91. The second-order valence-electron chi connectivity index (χ2n) is 6.98. The smallest absolute Gasteiger partial charge is 0.0102 e. The summed E-state index contributed by atoms with van der Waals surface area (Å²) in [7, 11) is 0. The van der Waals surface area contributed by atoms with Gasteiger partial charge in [-0.3, -0.25) is 0 Å². The van der Waals surface area contributed by atoms with Crippen molar-refractivity contribution < 1.29 is 0 Å². The average molecular weight is 254 g/mol. The van der Waals surface area contributed by atoms with Crippen LogP contribution in [-0.4, -0.2) is 37.1 Å². The lowest BCUT2D eigenvalue weighted by Gasteiger charge is -2.37. The predicted molar refractivity (Wildman–Crippen MR) is 81.0 cm³/mol. The zero-order valence-corrected chi connectivity index (χ0v) is 13.3. The first-order valence-corrected chi connectivity index (χ1v) is 7.91. The van der Waals surface area contributed by atoms with Crippen LogP contribution in [0.4, 0.5) is 0 Å². The summed E-state index contributed by atoms with van der Waals surface area (Å²) in [5.41, 5.74) is 0.364. The summed E-state index contributed by atoms with van der Waals surface area (Å²) in [6.07, 6.45) is 5.41. The van der Waals surface area contributed by atoms with E-state index in [1.165, 1.54) is 45.3 Å². The second-order valence-corrected chi connectivity index (χ2v) is 6.98. The van der Waals surface area contributed by atoms with Crippen molar-refractivity contribution in [2.75, 3.05) is 26.2 Å². The van der Waals surface area contributed by atoms with E-state index >= 15 is 0 Å². The minimum Gasteiger partial charge on any atom is -0.314 e. The van der Waals surface area contributed by atoms with Crippen LogP contribution in [0.25, 0.3) is 0 Å². The molecule has 1 N–H and O–H groups in total. The van der Waals surface area contributed by atoms with Crippen molar-refractivity contribution in [1.29, 1.82) is 0 Å². The summed E-state index contributed by atoms with van der Waals surface area (Å²) in [5, 5.41) is 3.66. The molecule has 2 atom stereocenters. The molecule has 1 saturated heterocycles. The highest BCUT2D eigenvalue weighted by Gasteiger charge is 2.28. The summed E-state index contributed by atoms with van der Waals surface area (Å²) in [6.45, 7) is 16.8. The lowest BCUT2D eigenvalue weighted by atomic mass is 9.84. The molecule has 1 fully saturated rings. The van der Waals surface area contributed by atoms with Crippen molar-refractivity contribution >= 4 is 0 Å². The number of hydrogen-bond donors (Lipinski definition) is 1. The Hall–Kier alpha value is -0.0800. The van der Waals surface area contributed by atoms with Crippen molar-refractivity contribution in [3.05, 3.63) is 0 Å². The highest BCUT2D eigenvalue weighted by atomic mass is 15.1. The van der Waals surface area contributed by atoms with E-state index in [9.17, 15) is 0 Å². The van der Waals surface area contributed by atoms with Crippen LogP contribution in [0.1, 0.15) is 60.3 Å². The third-order valence-corrected chi connectivity index (χ3v) is 4.61. The SMILES string of the molecule is CCCNC(C)C(C)(C)CN1CCCC(C)CC1. The Bertz CT molecular complexity index is 225. The predicted octanol–water partition coefficient (Wildman–Crippen LogP) is 3.52. The number of nitrogens with zero attached hydrogens (tertiary/aromatic N) is 1. The molecule has 0 aliphatic carbocycles. The van der Waals surface area contributed by atoms with Gasteiger partial charge >= 0.3 is 0 Å². The van der Waals surface area contributed by atoms with Crippen molar-refractivity contribution in [3.63, 3.8) is 0 Å². The quantitative estimate of drug-likeness (QED) is 0.780. The van der Waals surface area contributed by atoms with E-state index < -0.39 is 0 Å². The van der Waals surface area contributed by atoms with E-state index in [0.29, 0.717) is 11.5 Å². The monoisotopic (exact) mass is 254 g/mol. The maximum Gasteiger partial charge on any atom is 0.0102 e. The fourth-order valence-corrected chi connectivity index (χ4v) is 2.83. The molecule has 0 aromatic heterocycles. The molecule has 1 rings (SSSR count). The van der Waals surface area contributed by atoms with Crippen LogP contribution in [0, 0.1) is 11.3 Å². The van der Waals surface area contributed by atoms with E-state index in [1.54, 1.807) is 0 Å². The lowest BCUT2D eigenvalue weighted by molar-refractivity contribution is 0.145. The van der Waals surface area contributed by atoms with Gasteiger partial charge in [0.2, 0.25) is 0 Å². The maximum absolute atomic E-state index is 3.66. The average Bonchev–Trinajstić information content (AvgIpc) is 2.51. The summed E-state index contributed by atoms with van der Waals surface area (Å²) in [5.74, 6) is 0.925. The van der Waals surface area contributed by atoms with Crippen LogP contribution in [0.5, 0.6) is 0 Å². The molecule has 0 radical (unpaired) electrons. The summed E-state index contributed by atoms with van der Waals surface area (Å²) in [6, 6.07) is 0.595. The van der Waals surface area contributed by atoms with Gasteiger partial charge in [-0.15, -0.1) is 0 Å². The molecule has 0 aromatic carbocycles. The first kappa shape index (κ1) is 16.0. The van der Waals surface area contributed by atoms with Gasteiger partial charge in [-0.05, 0) is 63.6 Å². The molecule has 1 heterocycles. The number of hydrogen-bond acceptors (Lipinski definition) is 2. The molecule has 2 nitrogen and oxygen atoms in total. The molecule has 1 aliphatic rings. The minimum atomic E-state index is 0.364. The van der Waals surface area contributed by atoms with Crippen LogP contribution in [0.15, 0.2) is 0 Å². The second kappa shape index (κ2) is 7.49. The van der Waals surface area contributed by atoms with E-state index in [2.05, 4.69) is 44.8 Å². The van der Waals surface area contributed by atoms with Gasteiger partial charge in [0, 0.05) is 12.6 Å². The lowest BCUT2D eigenvalue weighted by Crippen LogP contribution is -2.47. The van der Waals surface area contributed by atoms with Gasteiger partial charge < -0.3 is 10.2 Å². The fourth-order valence-electron chi connectivity index (χ4n) is 2.83. The first-order chi connectivity index (χ1) is 8.45. The Morgan fingerprint density at radius 2 is 2.00 bits per heavy atom. The van der Waals surface area contributed by atoms with E-state index in [4.69, 9.17) is 0 Å². The van der Waals surface area contributed by atoms with Gasteiger partial charge in [-0.1, -0.05) is 27.7 Å². The van der Waals surface area contributed by atoms with E-state index in [-0.39, 0.29) is 0 Å². The standard InChI is InChI=1S/C16H34N2/c1-6-10-17-15(3)16(4,5)13-18-11-7-8-14(2)9-12-18/h14-15,17H,6-13H2,1-5H3. The third kappa shape index (κ3) is 5.27. The largest absolute Gasteiger partial charge is 0.314 e. The Morgan fingerprint density at radius 3 is 2.67 bits per heavy atom. The van der Waals surface area contributed by atoms with Crippen LogP contribution in [0.2, 0.25) is 0 Å². The zero-order valence-electron chi connectivity index (χ0n) is 13.3. The minimum absolute atomic E-state index is 0.364. The summed E-state index contributed by atoms with van der Waals surface area (Å²) in [4.78, 5) is 2.69. The Kier molecular flexibility index (Phi) is 6.65. The van der Waals surface area contributed by atoms with Crippen LogP contribution >= 0.6 is 0 Å². The fraction of sp³-hybridized carbons (Fsp3) is 1.00. The van der Waals surface area contributed by atoms with Gasteiger partial charge in [0.15, 0.2) is 0 Å². The van der Waals surface area contributed by atoms with Crippen LogP contribution < -0.4 is 5.32 Å². The number of likely N-dealkylation sites (tertiary alicyclic amines) is 1. The summed E-state index contributed by atoms with van der Waals surface area (Å²) >= 11 is 0. The highest BCUT2D eigenvalue weighted by molar-refractivity contribution is 4.84. The molecular weight excluding hydrogens is 220 g/mol. The van der Waals surface area contributed by atoms with Gasteiger partial charge in [0.25, 0.3) is 0 Å². The molecule has 1 aliphatic heterocycles. The molecule has 0 amide bonds. The Balaban J connectivity index is 2.42. The molecule has 2 heteroatoms. The molecule has 2 unspecified atom stereocenters. The van der Waals surface area contributed by atoms with Gasteiger partial charge in [0.1, 0.15) is 0 Å². The molecule has 0 spiro atoms. The summed E-state index contributed by atoms with van der Waals surface area (Å²) < 4.78 is 0. The molecule has 0 saturated carbocycles.